The van der Waals surface area contributed by atoms with Crippen LogP contribution < -0.4 is 9.64 Å². The van der Waals surface area contributed by atoms with E-state index in [4.69, 9.17) is 9.72 Å². The van der Waals surface area contributed by atoms with E-state index in [-0.39, 0.29) is 12.0 Å². The summed E-state index contributed by atoms with van der Waals surface area (Å²) in [5.41, 5.74) is 5.04. The van der Waals surface area contributed by atoms with Crippen molar-refractivity contribution in [3.8, 4) is 17.0 Å². The molecule has 1 spiro atoms. The van der Waals surface area contributed by atoms with Gasteiger partial charge in [-0.1, -0.05) is 0 Å². The van der Waals surface area contributed by atoms with Gasteiger partial charge in [-0.2, -0.15) is 5.10 Å². The maximum absolute atomic E-state index is 11.7. The molecule has 2 aliphatic heterocycles. The van der Waals surface area contributed by atoms with E-state index in [0.717, 1.165) is 89.3 Å². The number of nitrogens with zero attached hydrogens (tertiary/aromatic N) is 5. The molecule has 2 saturated heterocycles. The Balaban J connectivity index is 1.06. The normalized spacial score (nSPS) is 17.5. The fourth-order valence-corrected chi connectivity index (χ4v) is 6.14. The lowest BCUT2D eigenvalue weighted by Crippen LogP contribution is -2.61. The fraction of sp³-hybridized carbons (Fsp3) is 0.333. The Hall–Kier alpha value is -4.40. The molecule has 0 unspecified atom stereocenters. The number of hydrogen-bond donors (Lipinski definition) is 2. The molecule has 2 N–H and O–H groups in total. The zero-order valence-electron chi connectivity index (χ0n) is 22.1. The molecule has 39 heavy (non-hydrogen) atoms. The van der Waals surface area contributed by atoms with Crippen LogP contribution in [0.2, 0.25) is 0 Å². The zero-order valence-corrected chi connectivity index (χ0v) is 22.1. The van der Waals surface area contributed by atoms with Crippen molar-refractivity contribution in [3.63, 3.8) is 0 Å². The van der Waals surface area contributed by atoms with Crippen LogP contribution in [0.1, 0.15) is 38.4 Å². The predicted molar refractivity (Wildman–Crippen MR) is 151 cm³/mol. The third-order valence-corrected chi connectivity index (χ3v) is 8.45. The van der Waals surface area contributed by atoms with Crippen molar-refractivity contribution in [2.75, 3.05) is 31.1 Å². The summed E-state index contributed by atoms with van der Waals surface area (Å²) in [5, 5.41) is 9.80. The second-order valence-corrected chi connectivity index (χ2v) is 10.9. The lowest BCUT2D eigenvalue weighted by molar-refractivity contribution is -0.131. The molecule has 6 heterocycles. The van der Waals surface area contributed by atoms with Crippen LogP contribution in [0.4, 0.5) is 5.82 Å². The van der Waals surface area contributed by atoms with Gasteiger partial charge < -0.3 is 19.5 Å². The minimum atomic E-state index is -0.144. The van der Waals surface area contributed by atoms with Crippen LogP contribution >= 0.6 is 0 Å². The number of piperidine rings is 1. The van der Waals surface area contributed by atoms with Crippen molar-refractivity contribution in [1.29, 1.82) is 0 Å². The molecule has 0 aliphatic carbocycles. The van der Waals surface area contributed by atoms with Crippen LogP contribution in [0.3, 0.4) is 0 Å². The van der Waals surface area contributed by atoms with Crippen LogP contribution in [0.15, 0.2) is 61.1 Å². The number of carbonyl (C=O) groups is 1. The van der Waals surface area contributed by atoms with E-state index >= 15 is 0 Å². The summed E-state index contributed by atoms with van der Waals surface area (Å²) in [6.07, 6.45) is 7.61. The minimum Gasteiger partial charge on any atom is -0.486 e. The fourth-order valence-electron chi connectivity index (χ4n) is 6.14. The summed E-state index contributed by atoms with van der Waals surface area (Å²) in [7, 11) is 0. The molecule has 9 heteroatoms. The molecule has 4 aromatic heterocycles. The van der Waals surface area contributed by atoms with Crippen molar-refractivity contribution < 1.29 is 9.53 Å². The predicted octanol–water partition coefficient (Wildman–Crippen LogP) is 5.09. The van der Waals surface area contributed by atoms with E-state index in [9.17, 15) is 4.79 Å². The summed E-state index contributed by atoms with van der Waals surface area (Å²) in [5.74, 6) is 1.96. The molecular formula is C30H31N7O2. The molecule has 9 nitrogen and oxygen atoms in total. The van der Waals surface area contributed by atoms with Crippen LogP contribution in [-0.4, -0.2) is 62.1 Å². The van der Waals surface area contributed by atoms with Crippen molar-refractivity contribution in [2.45, 2.75) is 32.8 Å². The minimum absolute atomic E-state index is 0.144. The summed E-state index contributed by atoms with van der Waals surface area (Å²) in [6.45, 7) is 7.45. The molecule has 1 atom stereocenters. The second-order valence-electron chi connectivity index (χ2n) is 10.9. The Labute approximate surface area is 226 Å². The summed E-state index contributed by atoms with van der Waals surface area (Å²) in [4.78, 5) is 28.3. The van der Waals surface area contributed by atoms with E-state index in [1.807, 2.05) is 47.6 Å². The molecule has 2 aliphatic rings. The number of pyridine rings is 2. The van der Waals surface area contributed by atoms with Gasteiger partial charge in [0.2, 0.25) is 5.91 Å². The van der Waals surface area contributed by atoms with Gasteiger partial charge in [0.1, 0.15) is 29.0 Å². The Morgan fingerprint density at radius 2 is 1.90 bits per heavy atom. The van der Waals surface area contributed by atoms with Crippen molar-refractivity contribution >= 4 is 33.7 Å². The molecule has 7 rings (SSSR count). The Bertz CT molecular complexity index is 1660. The van der Waals surface area contributed by atoms with Gasteiger partial charge >= 0.3 is 0 Å². The van der Waals surface area contributed by atoms with E-state index in [0.29, 0.717) is 5.41 Å². The number of benzene rings is 1. The highest BCUT2D eigenvalue weighted by Gasteiger charge is 2.45. The van der Waals surface area contributed by atoms with Gasteiger partial charge in [0.15, 0.2) is 0 Å². The maximum atomic E-state index is 11.7. The van der Waals surface area contributed by atoms with Gasteiger partial charge in [-0.3, -0.25) is 9.89 Å². The number of aromatic nitrogens is 5. The topological polar surface area (TPSA) is 103 Å². The number of nitrogens with one attached hydrogen (secondary N) is 2. The third kappa shape index (κ3) is 4.18. The first-order valence-corrected chi connectivity index (χ1v) is 13.5. The van der Waals surface area contributed by atoms with E-state index < -0.39 is 0 Å². The monoisotopic (exact) mass is 521 g/mol. The van der Waals surface area contributed by atoms with E-state index in [1.54, 1.807) is 13.1 Å². The number of anilines is 1. The largest absolute Gasteiger partial charge is 0.486 e. The van der Waals surface area contributed by atoms with Crippen LogP contribution in [-0.2, 0) is 4.79 Å². The first-order valence-electron chi connectivity index (χ1n) is 13.5. The Morgan fingerprint density at radius 1 is 1.05 bits per heavy atom. The number of amides is 1. The highest BCUT2D eigenvalue weighted by molar-refractivity contribution is 5.93. The summed E-state index contributed by atoms with van der Waals surface area (Å²) >= 11 is 0. The highest BCUT2D eigenvalue weighted by Crippen LogP contribution is 2.42. The molecule has 1 aromatic carbocycles. The molecule has 2 fully saturated rings. The Morgan fingerprint density at radius 3 is 2.67 bits per heavy atom. The molecule has 0 saturated carbocycles. The quantitative estimate of drug-likeness (QED) is 0.334. The molecule has 0 radical (unpaired) electrons. The van der Waals surface area contributed by atoms with Gasteiger partial charge in [-0.15, -0.1) is 0 Å². The maximum Gasteiger partial charge on any atom is 0.219 e. The molecule has 5 aromatic rings. The number of fused-ring (bicyclic) bond motifs is 2. The lowest BCUT2D eigenvalue weighted by atomic mass is 9.72. The van der Waals surface area contributed by atoms with Crippen LogP contribution in [0.5, 0.6) is 5.75 Å². The van der Waals surface area contributed by atoms with Gasteiger partial charge in [0.05, 0.1) is 5.52 Å². The molecule has 1 amide bonds. The Kier molecular flexibility index (Phi) is 5.54. The molecular weight excluding hydrogens is 490 g/mol. The van der Waals surface area contributed by atoms with Gasteiger partial charge in [0.25, 0.3) is 0 Å². The van der Waals surface area contributed by atoms with Gasteiger partial charge in [-0.05, 0) is 62.2 Å². The molecule has 0 bridgehead atoms. The van der Waals surface area contributed by atoms with Crippen molar-refractivity contribution in [1.82, 2.24) is 30.0 Å². The average molecular weight is 522 g/mol. The number of likely N-dealkylation sites (tertiary alicyclic amines) is 1. The lowest BCUT2D eigenvalue weighted by Gasteiger charge is -2.54. The third-order valence-electron chi connectivity index (χ3n) is 8.45. The number of rotatable bonds is 5. The van der Waals surface area contributed by atoms with Gasteiger partial charge in [0, 0.05) is 79.0 Å². The number of aromatic amines is 2. The SMILES string of the molecule is CC(=O)N1CCC2(CC1)CN(c1ccc(-c3n[nH]c4ccc(O[C@@H](C)c5ccnc6[nH]ccc56)cc34)cn1)C2. The molecule has 198 valence electrons. The number of carbonyl (C=O) groups excluding carboxylic acids is 1. The summed E-state index contributed by atoms with van der Waals surface area (Å²) in [6, 6.07) is 14.2. The second kappa shape index (κ2) is 9.11. The zero-order chi connectivity index (χ0) is 26.6. The smallest absolute Gasteiger partial charge is 0.219 e. The van der Waals surface area contributed by atoms with Gasteiger partial charge in [-0.25, -0.2) is 9.97 Å². The van der Waals surface area contributed by atoms with Crippen LogP contribution in [0, 0.1) is 5.41 Å². The number of H-pyrrole nitrogens is 2. The summed E-state index contributed by atoms with van der Waals surface area (Å²) < 4.78 is 6.37. The average Bonchev–Trinajstić information content (AvgIpc) is 3.59. The van der Waals surface area contributed by atoms with E-state index in [2.05, 4.69) is 44.1 Å². The highest BCUT2D eigenvalue weighted by atomic mass is 16.5. The number of hydrogen-bond acceptors (Lipinski definition) is 6. The van der Waals surface area contributed by atoms with Crippen molar-refractivity contribution in [2.24, 2.45) is 5.41 Å². The van der Waals surface area contributed by atoms with Crippen molar-refractivity contribution in [3.05, 3.63) is 66.6 Å². The first-order chi connectivity index (χ1) is 19.0. The van der Waals surface area contributed by atoms with Crippen LogP contribution in [0.25, 0.3) is 33.2 Å². The number of ether oxygens (including phenoxy) is 1. The standard InChI is InChI=1S/C30H31N7O2/c1-19(23-7-11-31-29-24(23)8-12-32-29)39-22-4-5-26-25(15-22)28(35-34-26)21-3-6-27(33-16-21)37-17-30(18-37)9-13-36(14-10-30)20(2)38/h3-8,11-12,15-16,19H,9-10,13-14,17-18H2,1-2H3,(H,31,32)(H,34,35)/t19-/m0/s1. The van der Waals surface area contributed by atoms with E-state index in [1.165, 1.54) is 0 Å². The first kappa shape index (κ1) is 23.7.